The van der Waals surface area contributed by atoms with Gasteiger partial charge in [-0.25, -0.2) is 9.59 Å². The summed E-state index contributed by atoms with van der Waals surface area (Å²) in [5, 5.41) is 14.9. The lowest BCUT2D eigenvalue weighted by atomic mass is 9.80. The third-order valence-electron chi connectivity index (χ3n) is 4.72. The van der Waals surface area contributed by atoms with Gasteiger partial charge in [-0.3, -0.25) is 0 Å². The van der Waals surface area contributed by atoms with E-state index in [-0.39, 0.29) is 12.1 Å². The second-order valence-corrected chi connectivity index (χ2v) is 6.19. The topological polar surface area (TPSA) is 78.4 Å². The number of carboxylic acids is 1. The molecular formula is C15H28N2O3. The number of aliphatic carboxylic acids is 1. The van der Waals surface area contributed by atoms with E-state index in [0.29, 0.717) is 24.7 Å². The van der Waals surface area contributed by atoms with Crippen LogP contribution in [0, 0.1) is 11.8 Å². The van der Waals surface area contributed by atoms with Crippen molar-refractivity contribution in [2.24, 2.45) is 11.8 Å². The van der Waals surface area contributed by atoms with E-state index in [4.69, 9.17) is 0 Å². The summed E-state index contributed by atoms with van der Waals surface area (Å²) >= 11 is 0. The highest BCUT2D eigenvalue weighted by Crippen LogP contribution is 2.28. The standard InChI is InChI=1S/C15H28N2O3/c1-5-15(6-2,13(18)19)17-14(20)16-12-8-7-10(3)9-11(12)4/h10-12H,5-9H2,1-4H3,(H,18,19)(H2,16,17,20). The number of hydrogen-bond acceptors (Lipinski definition) is 2. The number of rotatable bonds is 5. The van der Waals surface area contributed by atoms with Gasteiger partial charge in [-0.15, -0.1) is 0 Å². The maximum Gasteiger partial charge on any atom is 0.329 e. The summed E-state index contributed by atoms with van der Waals surface area (Å²) in [5.74, 6) is 0.172. The van der Waals surface area contributed by atoms with E-state index in [1.54, 1.807) is 13.8 Å². The molecule has 3 atom stereocenters. The van der Waals surface area contributed by atoms with Crippen molar-refractivity contribution < 1.29 is 14.7 Å². The van der Waals surface area contributed by atoms with Crippen LogP contribution in [0.2, 0.25) is 0 Å². The van der Waals surface area contributed by atoms with Crippen LogP contribution in [-0.2, 0) is 4.79 Å². The van der Waals surface area contributed by atoms with Gasteiger partial charge in [0.15, 0.2) is 0 Å². The molecule has 0 aromatic heterocycles. The fourth-order valence-electron chi connectivity index (χ4n) is 3.08. The Morgan fingerprint density at radius 2 is 1.80 bits per heavy atom. The largest absolute Gasteiger partial charge is 0.480 e. The summed E-state index contributed by atoms with van der Waals surface area (Å²) in [6.07, 6.45) is 3.94. The third-order valence-corrected chi connectivity index (χ3v) is 4.72. The van der Waals surface area contributed by atoms with Gasteiger partial charge in [0.25, 0.3) is 0 Å². The molecule has 0 radical (unpaired) electrons. The van der Waals surface area contributed by atoms with Gasteiger partial charge in [0.2, 0.25) is 0 Å². The minimum atomic E-state index is -1.16. The van der Waals surface area contributed by atoms with Gasteiger partial charge < -0.3 is 15.7 Å². The molecule has 0 aromatic carbocycles. The second-order valence-electron chi connectivity index (χ2n) is 6.19. The predicted octanol–water partition coefficient (Wildman–Crippen LogP) is 2.75. The molecule has 1 fully saturated rings. The smallest absolute Gasteiger partial charge is 0.329 e. The zero-order chi connectivity index (χ0) is 15.3. The maximum absolute atomic E-state index is 12.1. The molecule has 1 saturated carbocycles. The first-order valence-electron chi connectivity index (χ1n) is 7.66. The molecule has 0 aromatic rings. The van der Waals surface area contributed by atoms with Gasteiger partial charge in [0, 0.05) is 6.04 Å². The molecule has 0 saturated heterocycles. The summed E-state index contributed by atoms with van der Waals surface area (Å²) in [5.41, 5.74) is -1.16. The van der Waals surface area contributed by atoms with E-state index in [2.05, 4.69) is 24.5 Å². The first-order chi connectivity index (χ1) is 9.34. The quantitative estimate of drug-likeness (QED) is 0.726. The minimum absolute atomic E-state index is 0.145. The van der Waals surface area contributed by atoms with Crippen LogP contribution in [-0.4, -0.2) is 28.7 Å². The van der Waals surface area contributed by atoms with Crippen molar-refractivity contribution in [3.8, 4) is 0 Å². The highest BCUT2D eigenvalue weighted by Gasteiger charge is 2.37. The molecular weight excluding hydrogens is 256 g/mol. The number of amides is 2. The number of carboxylic acid groups (broad SMARTS) is 1. The lowest BCUT2D eigenvalue weighted by Crippen LogP contribution is -2.58. The fourth-order valence-corrected chi connectivity index (χ4v) is 3.08. The van der Waals surface area contributed by atoms with E-state index < -0.39 is 11.5 Å². The zero-order valence-electron chi connectivity index (χ0n) is 13.0. The normalized spacial score (nSPS) is 26.9. The Morgan fingerprint density at radius 3 is 2.25 bits per heavy atom. The molecule has 2 amide bonds. The molecule has 3 N–H and O–H groups in total. The van der Waals surface area contributed by atoms with E-state index >= 15 is 0 Å². The summed E-state index contributed by atoms with van der Waals surface area (Å²) in [6, 6.07) is -0.214. The zero-order valence-corrected chi connectivity index (χ0v) is 13.0. The monoisotopic (exact) mass is 284 g/mol. The Balaban J connectivity index is 2.60. The highest BCUT2D eigenvalue weighted by atomic mass is 16.4. The number of hydrogen-bond donors (Lipinski definition) is 3. The lowest BCUT2D eigenvalue weighted by molar-refractivity contribution is -0.144. The van der Waals surface area contributed by atoms with Crippen molar-refractivity contribution in [3.63, 3.8) is 0 Å². The van der Waals surface area contributed by atoms with Crippen LogP contribution < -0.4 is 10.6 Å². The summed E-state index contributed by atoms with van der Waals surface area (Å²) in [4.78, 5) is 23.5. The summed E-state index contributed by atoms with van der Waals surface area (Å²) < 4.78 is 0. The van der Waals surface area contributed by atoms with Crippen molar-refractivity contribution in [1.29, 1.82) is 0 Å². The Kier molecular flexibility index (Phi) is 5.84. The summed E-state index contributed by atoms with van der Waals surface area (Å²) in [7, 11) is 0. The van der Waals surface area contributed by atoms with Crippen LogP contribution >= 0.6 is 0 Å². The van der Waals surface area contributed by atoms with E-state index in [0.717, 1.165) is 19.3 Å². The first-order valence-corrected chi connectivity index (χ1v) is 7.66. The van der Waals surface area contributed by atoms with Gasteiger partial charge in [0.1, 0.15) is 5.54 Å². The summed E-state index contributed by atoms with van der Waals surface area (Å²) in [6.45, 7) is 7.94. The van der Waals surface area contributed by atoms with Crippen LogP contribution in [0.1, 0.15) is 59.8 Å². The molecule has 0 aliphatic heterocycles. The number of urea groups is 1. The Hall–Kier alpha value is -1.26. The van der Waals surface area contributed by atoms with Gasteiger partial charge in [-0.2, -0.15) is 0 Å². The van der Waals surface area contributed by atoms with Crippen molar-refractivity contribution in [1.82, 2.24) is 10.6 Å². The molecule has 0 spiro atoms. The highest BCUT2D eigenvalue weighted by molar-refractivity contribution is 5.86. The van der Waals surface area contributed by atoms with Crippen molar-refractivity contribution in [3.05, 3.63) is 0 Å². The minimum Gasteiger partial charge on any atom is -0.480 e. The Bertz CT molecular complexity index is 353. The number of nitrogens with one attached hydrogen (secondary N) is 2. The Labute approximate surface area is 121 Å². The number of carbonyl (C=O) groups excluding carboxylic acids is 1. The van der Waals surface area contributed by atoms with Crippen molar-refractivity contribution in [2.45, 2.75) is 71.4 Å². The van der Waals surface area contributed by atoms with Crippen LogP contribution in [0.3, 0.4) is 0 Å². The molecule has 5 nitrogen and oxygen atoms in total. The molecule has 1 aliphatic rings. The van der Waals surface area contributed by atoms with E-state index in [1.165, 1.54) is 0 Å². The Morgan fingerprint density at radius 1 is 1.20 bits per heavy atom. The molecule has 0 heterocycles. The van der Waals surface area contributed by atoms with E-state index in [1.807, 2.05) is 0 Å². The van der Waals surface area contributed by atoms with Crippen LogP contribution in [0.25, 0.3) is 0 Å². The molecule has 1 rings (SSSR count). The molecule has 1 aliphatic carbocycles. The van der Waals surface area contributed by atoms with Crippen molar-refractivity contribution in [2.75, 3.05) is 0 Å². The van der Waals surface area contributed by atoms with Crippen LogP contribution in [0.4, 0.5) is 4.79 Å². The van der Waals surface area contributed by atoms with Crippen molar-refractivity contribution >= 4 is 12.0 Å². The second kappa shape index (κ2) is 6.95. The van der Waals surface area contributed by atoms with E-state index in [9.17, 15) is 14.7 Å². The van der Waals surface area contributed by atoms with Gasteiger partial charge in [0.05, 0.1) is 0 Å². The lowest BCUT2D eigenvalue weighted by Gasteiger charge is -2.35. The SMILES string of the molecule is CCC(CC)(NC(=O)NC1CCC(C)CC1C)C(=O)O. The van der Waals surface area contributed by atoms with Gasteiger partial charge >= 0.3 is 12.0 Å². The molecule has 3 unspecified atom stereocenters. The molecule has 116 valence electrons. The number of carbonyl (C=O) groups is 2. The fraction of sp³-hybridized carbons (Fsp3) is 0.867. The van der Waals surface area contributed by atoms with Gasteiger partial charge in [-0.1, -0.05) is 27.7 Å². The maximum atomic E-state index is 12.1. The molecule has 0 bridgehead atoms. The average Bonchev–Trinajstić information content (AvgIpc) is 2.39. The van der Waals surface area contributed by atoms with Crippen LogP contribution in [0.15, 0.2) is 0 Å². The third kappa shape index (κ3) is 3.87. The molecule has 20 heavy (non-hydrogen) atoms. The predicted molar refractivity (Wildman–Crippen MR) is 78.6 cm³/mol. The first kappa shape index (κ1) is 16.8. The molecule has 5 heteroatoms. The van der Waals surface area contributed by atoms with Gasteiger partial charge in [-0.05, 0) is 43.9 Å². The average molecular weight is 284 g/mol. The van der Waals surface area contributed by atoms with Crippen LogP contribution in [0.5, 0.6) is 0 Å².